The molecule has 0 spiro atoms. The molecule has 3 aromatic rings. The van der Waals surface area contributed by atoms with Crippen molar-refractivity contribution in [3.05, 3.63) is 76.9 Å². The van der Waals surface area contributed by atoms with E-state index in [1.54, 1.807) is 75.8 Å². The van der Waals surface area contributed by atoms with Crippen molar-refractivity contribution in [2.24, 2.45) is 0 Å². The first-order valence-electron chi connectivity index (χ1n) is 12.0. The number of hydrogen-bond acceptors (Lipinski definition) is 8. The van der Waals surface area contributed by atoms with E-state index in [1.807, 2.05) is 12.1 Å². The maximum absolute atomic E-state index is 13.8. The number of nitrogens with zero attached hydrogens (tertiary/aromatic N) is 1. The lowest BCUT2D eigenvalue weighted by atomic mass is 9.91. The van der Waals surface area contributed by atoms with Crippen LogP contribution in [0, 0.1) is 0 Å². The molecule has 0 fully saturated rings. The Morgan fingerprint density at radius 1 is 0.763 bits per heavy atom. The number of esters is 1. The zero-order valence-electron chi connectivity index (χ0n) is 22.1. The van der Waals surface area contributed by atoms with Crippen molar-refractivity contribution in [3.8, 4) is 28.7 Å². The summed E-state index contributed by atoms with van der Waals surface area (Å²) < 4.78 is 32.7. The maximum Gasteiger partial charge on any atom is 0.337 e. The smallest absolute Gasteiger partial charge is 0.337 e. The average molecular weight is 522 g/mol. The van der Waals surface area contributed by atoms with Gasteiger partial charge in [0.1, 0.15) is 23.9 Å². The molecule has 200 valence electrons. The van der Waals surface area contributed by atoms with Crippen LogP contribution in [-0.4, -0.2) is 65.5 Å². The van der Waals surface area contributed by atoms with Crippen LogP contribution in [0.4, 0.5) is 0 Å². The van der Waals surface area contributed by atoms with Crippen molar-refractivity contribution in [1.29, 1.82) is 0 Å². The van der Waals surface area contributed by atoms with E-state index in [-0.39, 0.29) is 12.5 Å². The number of amides is 1. The van der Waals surface area contributed by atoms with E-state index in [0.717, 1.165) is 11.1 Å². The second-order valence-corrected chi connectivity index (χ2v) is 8.60. The molecule has 1 atom stereocenters. The van der Waals surface area contributed by atoms with Gasteiger partial charge in [-0.05, 0) is 66.1 Å². The molecule has 1 amide bonds. The molecular weight excluding hydrogens is 490 g/mol. The molecule has 0 aromatic heterocycles. The first kappa shape index (κ1) is 26.7. The minimum Gasteiger partial charge on any atom is -0.497 e. The first-order chi connectivity index (χ1) is 18.4. The van der Waals surface area contributed by atoms with Gasteiger partial charge in [0.05, 0.1) is 47.2 Å². The average Bonchev–Trinajstić information content (AvgIpc) is 2.97. The molecule has 38 heavy (non-hydrogen) atoms. The first-order valence-corrected chi connectivity index (χ1v) is 12.0. The van der Waals surface area contributed by atoms with Crippen LogP contribution in [0.3, 0.4) is 0 Å². The molecule has 9 heteroatoms. The lowest BCUT2D eigenvalue weighted by molar-refractivity contribution is 0.0582. The molecule has 1 unspecified atom stereocenters. The maximum atomic E-state index is 13.8. The van der Waals surface area contributed by atoms with E-state index >= 15 is 0 Å². The summed E-state index contributed by atoms with van der Waals surface area (Å²) in [6, 6.07) is 15.2. The predicted molar refractivity (Wildman–Crippen MR) is 140 cm³/mol. The van der Waals surface area contributed by atoms with Gasteiger partial charge in [0.15, 0.2) is 11.5 Å². The topological polar surface area (TPSA) is 92.8 Å². The quantitative estimate of drug-likeness (QED) is 0.385. The van der Waals surface area contributed by atoms with Gasteiger partial charge in [-0.1, -0.05) is 0 Å². The van der Waals surface area contributed by atoms with Crippen LogP contribution in [0.1, 0.15) is 37.9 Å². The van der Waals surface area contributed by atoms with E-state index in [0.29, 0.717) is 52.8 Å². The number of carbonyl (C=O) groups excluding carboxylic acids is 2. The summed E-state index contributed by atoms with van der Waals surface area (Å²) in [6.07, 6.45) is 0.632. The van der Waals surface area contributed by atoms with Gasteiger partial charge in [-0.3, -0.25) is 4.79 Å². The van der Waals surface area contributed by atoms with Crippen LogP contribution >= 0.6 is 0 Å². The number of fused-ring (bicyclic) bond motifs is 1. The van der Waals surface area contributed by atoms with Gasteiger partial charge in [-0.25, -0.2) is 4.79 Å². The van der Waals surface area contributed by atoms with Crippen molar-refractivity contribution < 1.29 is 38.0 Å². The summed E-state index contributed by atoms with van der Waals surface area (Å²) in [5.41, 5.74) is 2.81. The van der Waals surface area contributed by atoms with Gasteiger partial charge in [-0.15, -0.1) is 0 Å². The SMILES string of the molecule is COC(=O)c1ccc(OCC2c3cc(OC)c(OC)cc3CCN2C(=O)c2cc(OC)cc(OC)c2)cc1. The fourth-order valence-corrected chi connectivity index (χ4v) is 4.53. The number of methoxy groups -OCH3 is 5. The van der Waals surface area contributed by atoms with Crippen molar-refractivity contribution in [3.63, 3.8) is 0 Å². The van der Waals surface area contributed by atoms with Crippen molar-refractivity contribution in [2.45, 2.75) is 12.5 Å². The summed E-state index contributed by atoms with van der Waals surface area (Å²) in [5.74, 6) is 2.19. The molecular formula is C29H31NO8. The van der Waals surface area contributed by atoms with Crippen LogP contribution in [0.15, 0.2) is 54.6 Å². The number of hydrogen-bond donors (Lipinski definition) is 0. The van der Waals surface area contributed by atoms with Crippen LogP contribution in [0.2, 0.25) is 0 Å². The third-order valence-electron chi connectivity index (χ3n) is 6.55. The summed E-state index contributed by atoms with van der Waals surface area (Å²) in [6.45, 7) is 0.642. The third kappa shape index (κ3) is 5.46. The van der Waals surface area contributed by atoms with E-state index < -0.39 is 12.0 Å². The molecule has 9 nitrogen and oxygen atoms in total. The normalized spacial score (nSPS) is 14.2. The minimum absolute atomic E-state index is 0.174. The highest BCUT2D eigenvalue weighted by molar-refractivity contribution is 5.95. The number of rotatable bonds is 9. The second kappa shape index (κ2) is 11.8. The van der Waals surface area contributed by atoms with Crippen molar-refractivity contribution >= 4 is 11.9 Å². The number of benzene rings is 3. The van der Waals surface area contributed by atoms with E-state index in [9.17, 15) is 9.59 Å². The lowest BCUT2D eigenvalue weighted by Gasteiger charge is -2.37. The van der Waals surface area contributed by atoms with Crippen molar-refractivity contribution in [1.82, 2.24) is 4.90 Å². The Balaban J connectivity index is 1.69. The Kier molecular flexibility index (Phi) is 8.25. The van der Waals surface area contributed by atoms with Gasteiger partial charge in [0, 0.05) is 18.2 Å². The Labute approximate surface area is 221 Å². The highest BCUT2D eigenvalue weighted by Crippen LogP contribution is 2.39. The van der Waals surface area contributed by atoms with Gasteiger partial charge >= 0.3 is 5.97 Å². The Bertz CT molecular complexity index is 1280. The standard InChI is InChI=1S/C29H31NO8/c1-33-22-12-20(13-23(15-22)34-2)28(31)30-11-10-19-14-26(35-3)27(36-4)16-24(19)25(30)17-38-21-8-6-18(7-9-21)29(32)37-5/h6-9,12-16,25H,10-11,17H2,1-5H3. The van der Waals surface area contributed by atoms with Gasteiger partial charge in [-0.2, -0.15) is 0 Å². The summed E-state index contributed by atoms with van der Waals surface area (Å²) in [7, 11) is 7.59. The molecule has 0 N–H and O–H groups in total. The molecule has 1 heterocycles. The number of ether oxygens (including phenoxy) is 6. The summed E-state index contributed by atoms with van der Waals surface area (Å²) in [5, 5.41) is 0. The third-order valence-corrected chi connectivity index (χ3v) is 6.55. The zero-order chi connectivity index (χ0) is 27.2. The minimum atomic E-state index is -0.427. The Morgan fingerprint density at radius 3 is 1.97 bits per heavy atom. The molecule has 0 aliphatic carbocycles. The highest BCUT2D eigenvalue weighted by Gasteiger charge is 2.34. The Morgan fingerprint density at radius 2 is 1.39 bits per heavy atom. The summed E-state index contributed by atoms with van der Waals surface area (Å²) >= 11 is 0. The van der Waals surface area contributed by atoms with Gasteiger partial charge in [0.2, 0.25) is 0 Å². The lowest BCUT2D eigenvalue weighted by Crippen LogP contribution is -2.42. The van der Waals surface area contributed by atoms with Crippen molar-refractivity contribution in [2.75, 3.05) is 48.7 Å². The van der Waals surface area contributed by atoms with Crippen LogP contribution in [0.5, 0.6) is 28.7 Å². The van der Waals surface area contributed by atoms with E-state index in [2.05, 4.69) is 0 Å². The van der Waals surface area contributed by atoms with Crippen LogP contribution in [0.25, 0.3) is 0 Å². The zero-order valence-corrected chi connectivity index (χ0v) is 22.1. The molecule has 1 aliphatic rings. The predicted octanol–water partition coefficient (Wildman–Crippen LogP) is 4.33. The van der Waals surface area contributed by atoms with E-state index in [1.165, 1.54) is 7.11 Å². The molecule has 0 bridgehead atoms. The molecule has 3 aromatic carbocycles. The molecule has 1 aliphatic heterocycles. The monoisotopic (exact) mass is 521 g/mol. The number of carbonyl (C=O) groups is 2. The Hall–Kier alpha value is -4.40. The largest absolute Gasteiger partial charge is 0.497 e. The van der Waals surface area contributed by atoms with Gasteiger partial charge < -0.3 is 33.3 Å². The fraction of sp³-hybridized carbons (Fsp3) is 0.310. The van der Waals surface area contributed by atoms with Crippen LogP contribution in [-0.2, 0) is 11.2 Å². The second-order valence-electron chi connectivity index (χ2n) is 8.60. The molecule has 0 saturated carbocycles. The van der Waals surface area contributed by atoms with E-state index in [4.69, 9.17) is 28.4 Å². The molecule has 0 radical (unpaired) electrons. The molecule has 4 rings (SSSR count). The molecule has 0 saturated heterocycles. The highest BCUT2D eigenvalue weighted by atomic mass is 16.5. The summed E-state index contributed by atoms with van der Waals surface area (Å²) in [4.78, 5) is 27.4. The van der Waals surface area contributed by atoms with Gasteiger partial charge in [0.25, 0.3) is 5.91 Å². The fourth-order valence-electron chi connectivity index (χ4n) is 4.53. The van der Waals surface area contributed by atoms with Crippen LogP contribution < -0.4 is 23.7 Å².